The average molecular weight is 387 g/mol. The van der Waals surface area contributed by atoms with E-state index in [0.29, 0.717) is 23.3 Å². The summed E-state index contributed by atoms with van der Waals surface area (Å²) in [6.07, 6.45) is 2.84. The molecule has 0 aliphatic carbocycles. The molecule has 0 unspecified atom stereocenters. The van der Waals surface area contributed by atoms with Crippen molar-refractivity contribution in [3.63, 3.8) is 0 Å². The first-order valence-corrected chi connectivity index (χ1v) is 10.2. The molecule has 2 aromatic rings. The van der Waals surface area contributed by atoms with Crippen LogP contribution in [-0.2, 0) is 4.79 Å². The van der Waals surface area contributed by atoms with Gasteiger partial charge in [0.05, 0.1) is 12.9 Å². The van der Waals surface area contributed by atoms with Crippen LogP contribution in [-0.4, -0.2) is 41.8 Å². The summed E-state index contributed by atoms with van der Waals surface area (Å²) in [5.41, 5.74) is 0.722. The fraction of sp³-hybridized carbons (Fsp3) is 0.450. The molecule has 0 radical (unpaired) electrons. The molecule has 1 aliphatic heterocycles. The lowest BCUT2D eigenvalue weighted by Gasteiger charge is -2.35. The maximum atomic E-state index is 12.2. The quantitative estimate of drug-likeness (QED) is 0.603. The van der Waals surface area contributed by atoms with Crippen LogP contribution < -0.4 is 15.0 Å². The molecule has 1 aromatic carbocycles. The van der Waals surface area contributed by atoms with Gasteiger partial charge in [0, 0.05) is 30.9 Å². The number of piperidine rings is 1. The molecule has 6 nitrogen and oxygen atoms in total. The SMILES string of the molecule is COc1cccc(NC(=O)CSc2cc(N3C[C@@H](C)C[C@H](C)C3)ncn2)c1. The number of nitrogens with zero attached hydrogens (tertiary/aromatic N) is 3. The Morgan fingerprint density at radius 3 is 2.78 bits per heavy atom. The number of methoxy groups -OCH3 is 1. The van der Waals surface area contributed by atoms with Crippen LogP contribution >= 0.6 is 11.8 Å². The summed E-state index contributed by atoms with van der Waals surface area (Å²) in [6, 6.07) is 9.30. The molecular weight excluding hydrogens is 360 g/mol. The Balaban J connectivity index is 1.57. The zero-order chi connectivity index (χ0) is 19.2. The van der Waals surface area contributed by atoms with Gasteiger partial charge in [-0.2, -0.15) is 0 Å². The van der Waals surface area contributed by atoms with Gasteiger partial charge in [0.1, 0.15) is 22.9 Å². The lowest BCUT2D eigenvalue weighted by molar-refractivity contribution is -0.113. The molecule has 0 bridgehead atoms. The Hall–Kier alpha value is -2.28. The van der Waals surface area contributed by atoms with Crippen LogP contribution in [0.5, 0.6) is 5.75 Å². The summed E-state index contributed by atoms with van der Waals surface area (Å²) in [6.45, 7) is 6.59. The number of aromatic nitrogens is 2. The van der Waals surface area contributed by atoms with E-state index < -0.39 is 0 Å². The summed E-state index contributed by atoms with van der Waals surface area (Å²) in [5.74, 6) is 3.20. The van der Waals surface area contributed by atoms with Crippen LogP contribution in [0.2, 0.25) is 0 Å². The van der Waals surface area contributed by atoms with Crippen molar-refractivity contribution in [2.75, 3.05) is 36.2 Å². The Labute approximate surface area is 164 Å². The van der Waals surface area contributed by atoms with Crippen LogP contribution in [0.15, 0.2) is 41.7 Å². The molecular formula is C20H26N4O2S. The maximum Gasteiger partial charge on any atom is 0.234 e. The second-order valence-corrected chi connectivity index (χ2v) is 8.13. The molecule has 1 N–H and O–H groups in total. The zero-order valence-electron chi connectivity index (χ0n) is 16.0. The van der Waals surface area contributed by atoms with Crippen molar-refractivity contribution in [2.45, 2.75) is 25.3 Å². The van der Waals surface area contributed by atoms with Crippen molar-refractivity contribution in [1.29, 1.82) is 0 Å². The highest BCUT2D eigenvalue weighted by atomic mass is 32.2. The molecule has 0 saturated carbocycles. The number of ether oxygens (including phenoxy) is 1. The van der Waals surface area contributed by atoms with E-state index in [1.807, 2.05) is 24.3 Å². The van der Waals surface area contributed by atoms with Crippen molar-refractivity contribution in [1.82, 2.24) is 9.97 Å². The number of nitrogens with one attached hydrogen (secondary N) is 1. The van der Waals surface area contributed by atoms with E-state index in [1.165, 1.54) is 18.2 Å². The van der Waals surface area contributed by atoms with Gasteiger partial charge in [-0.3, -0.25) is 4.79 Å². The van der Waals surface area contributed by atoms with Gasteiger partial charge in [0.25, 0.3) is 0 Å². The average Bonchev–Trinajstić information content (AvgIpc) is 2.66. The first kappa shape index (κ1) is 19.5. The third-order valence-electron chi connectivity index (χ3n) is 4.53. The fourth-order valence-electron chi connectivity index (χ4n) is 3.47. The third-order valence-corrected chi connectivity index (χ3v) is 5.45. The topological polar surface area (TPSA) is 67.3 Å². The number of hydrogen-bond acceptors (Lipinski definition) is 6. The number of hydrogen-bond donors (Lipinski definition) is 1. The second-order valence-electron chi connectivity index (χ2n) is 7.13. The third kappa shape index (κ3) is 5.60. The highest BCUT2D eigenvalue weighted by molar-refractivity contribution is 7.99. The van der Waals surface area contributed by atoms with E-state index in [2.05, 4.69) is 34.0 Å². The molecule has 1 saturated heterocycles. The minimum atomic E-state index is -0.0753. The fourth-order valence-corrected chi connectivity index (χ4v) is 4.13. The molecule has 144 valence electrons. The van der Waals surface area contributed by atoms with Crippen LogP contribution in [0.4, 0.5) is 11.5 Å². The van der Waals surface area contributed by atoms with Gasteiger partial charge in [-0.1, -0.05) is 31.7 Å². The lowest BCUT2D eigenvalue weighted by Crippen LogP contribution is -2.39. The van der Waals surface area contributed by atoms with Gasteiger partial charge in [-0.15, -0.1) is 0 Å². The largest absolute Gasteiger partial charge is 0.497 e. The molecule has 7 heteroatoms. The van der Waals surface area contributed by atoms with Crippen molar-refractivity contribution >= 4 is 29.2 Å². The van der Waals surface area contributed by atoms with E-state index >= 15 is 0 Å². The van der Waals surface area contributed by atoms with Crippen LogP contribution in [0, 0.1) is 11.8 Å². The number of amides is 1. The second kappa shape index (κ2) is 9.08. The molecule has 1 aliphatic rings. The Bertz CT molecular complexity index is 776. The number of carbonyl (C=O) groups excluding carboxylic acids is 1. The number of rotatable bonds is 6. The Morgan fingerprint density at radius 2 is 2.04 bits per heavy atom. The van der Waals surface area contributed by atoms with Crippen LogP contribution in [0.25, 0.3) is 0 Å². The monoisotopic (exact) mass is 386 g/mol. The predicted molar refractivity (Wildman–Crippen MR) is 110 cm³/mol. The zero-order valence-corrected chi connectivity index (χ0v) is 16.8. The first-order chi connectivity index (χ1) is 13.0. The van der Waals surface area contributed by atoms with Crippen molar-refractivity contribution in [2.24, 2.45) is 11.8 Å². The molecule has 3 rings (SSSR count). The van der Waals surface area contributed by atoms with Gasteiger partial charge >= 0.3 is 0 Å². The lowest BCUT2D eigenvalue weighted by atomic mass is 9.92. The first-order valence-electron chi connectivity index (χ1n) is 9.17. The molecule has 1 aromatic heterocycles. The summed E-state index contributed by atoms with van der Waals surface area (Å²) in [5, 5.41) is 3.69. The number of carbonyl (C=O) groups is 1. The molecule has 1 amide bonds. The summed E-state index contributed by atoms with van der Waals surface area (Å²) in [7, 11) is 1.60. The highest BCUT2D eigenvalue weighted by Gasteiger charge is 2.23. The van der Waals surface area contributed by atoms with Gasteiger partial charge < -0.3 is 15.0 Å². The maximum absolute atomic E-state index is 12.2. The minimum absolute atomic E-state index is 0.0753. The normalized spacial score (nSPS) is 19.6. The van der Waals surface area contributed by atoms with Crippen molar-refractivity contribution < 1.29 is 9.53 Å². The molecule has 2 heterocycles. The molecule has 27 heavy (non-hydrogen) atoms. The highest BCUT2D eigenvalue weighted by Crippen LogP contribution is 2.27. The van der Waals surface area contributed by atoms with E-state index in [0.717, 1.165) is 29.6 Å². The number of thioether (sulfide) groups is 1. The van der Waals surface area contributed by atoms with E-state index in [4.69, 9.17) is 4.74 Å². The summed E-state index contributed by atoms with van der Waals surface area (Å²) >= 11 is 1.42. The Kier molecular flexibility index (Phi) is 6.55. The van der Waals surface area contributed by atoms with E-state index in [1.54, 1.807) is 19.5 Å². The van der Waals surface area contributed by atoms with Crippen LogP contribution in [0.1, 0.15) is 20.3 Å². The predicted octanol–water partition coefficient (Wildman–Crippen LogP) is 3.70. The standard InChI is InChI=1S/C20H26N4O2S/c1-14-7-15(2)11-24(10-14)18-9-20(22-13-21-18)27-12-19(25)23-16-5-4-6-17(8-16)26-3/h4-6,8-9,13-15H,7,10-12H2,1-3H3,(H,23,25)/t14-,15-/m0/s1. The van der Waals surface area contributed by atoms with E-state index in [9.17, 15) is 4.79 Å². The number of anilines is 2. The van der Waals surface area contributed by atoms with Gasteiger partial charge in [-0.05, 0) is 30.4 Å². The smallest absolute Gasteiger partial charge is 0.234 e. The van der Waals surface area contributed by atoms with Crippen molar-refractivity contribution in [3.05, 3.63) is 36.7 Å². The van der Waals surface area contributed by atoms with E-state index in [-0.39, 0.29) is 5.91 Å². The summed E-state index contributed by atoms with van der Waals surface area (Å²) < 4.78 is 5.17. The number of benzene rings is 1. The van der Waals surface area contributed by atoms with Crippen LogP contribution in [0.3, 0.4) is 0 Å². The summed E-state index contributed by atoms with van der Waals surface area (Å²) in [4.78, 5) is 23.3. The van der Waals surface area contributed by atoms with Gasteiger partial charge in [0.15, 0.2) is 0 Å². The molecule has 0 spiro atoms. The Morgan fingerprint density at radius 1 is 1.26 bits per heavy atom. The van der Waals surface area contributed by atoms with Gasteiger partial charge in [-0.25, -0.2) is 9.97 Å². The van der Waals surface area contributed by atoms with Gasteiger partial charge in [0.2, 0.25) is 5.91 Å². The molecule has 1 fully saturated rings. The minimum Gasteiger partial charge on any atom is -0.497 e. The molecule has 2 atom stereocenters. The van der Waals surface area contributed by atoms with Crippen molar-refractivity contribution in [3.8, 4) is 5.75 Å².